The Kier molecular flexibility index (Phi) is 87.4. The van der Waals surface area contributed by atoms with Gasteiger partial charge in [-0.2, -0.15) is 0 Å². The number of hydrogen-bond donors (Lipinski definition) is 4. The minimum atomic E-state index is -0.833. The van der Waals surface area contributed by atoms with E-state index in [4.69, 9.17) is 58.1 Å². The number of esters is 2. The molecule has 1 fully saturated rings. The van der Waals surface area contributed by atoms with Crippen LogP contribution in [0.25, 0.3) is 0 Å². The monoisotopic (exact) mass is 1870 g/mol. The van der Waals surface area contributed by atoms with Gasteiger partial charge < -0.3 is 83.4 Å². The Morgan fingerprint density at radius 2 is 0.635 bits per heavy atom. The number of nitrogens with one attached hydrogen (secondary N) is 1. The van der Waals surface area contributed by atoms with Crippen LogP contribution in [-0.2, 0) is 76.4 Å². The minimum absolute atomic E-state index is 0.0185. The lowest BCUT2D eigenvalue weighted by molar-refractivity contribution is -0.180. The normalized spacial score (nSPS) is 15.5. The van der Waals surface area contributed by atoms with Crippen LogP contribution in [0.1, 0.15) is 340 Å². The molecule has 1 rings (SSSR count). The summed E-state index contributed by atoms with van der Waals surface area (Å²) in [7, 11) is 10.5. The number of ether oxygens (including phenoxy) is 6. The van der Waals surface area contributed by atoms with Crippen molar-refractivity contribution in [3.63, 3.8) is 0 Å². The lowest BCUT2D eigenvalue weighted by atomic mass is 9.89. The molecule has 1 aliphatic rings. The van der Waals surface area contributed by atoms with Gasteiger partial charge >= 0.3 is 11.9 Å². The van der Waals surface area contributed by atoms with Crippen molar-refractivity contribution in [2.24, 2.45) is 5.92 Å². The van der Waals surface area contributed by atoms with E-state index in [-0.39, 0.29) is 42.1 Å². The Morgan fingerprint density at radius 3 is 0.921 bits per heavy atom. The molecule has 0 aromatic rings. The van der Waals surface area contributed by atoms with Crippen LogP contribution >= 0.6 is 47.0 Å². The number of aliphatic carboxylic acids is 3. The first-order chi connectivity index (χ1) is 60.1. The van der Waals surface area contributed by atoms with Crippen molar-refractivity contribution in [3.8, 4) is 0 Å². The minimum Gasteiger partial charge on any atom is -0.481 e. The second-order valence-corrected chi connectivity index (χ2v) is 38.6. The molecule has 0 bridgehead atoms. The lowest BCUT2D eigenvalue weighted by Gasteiger charge is -2.45. The van der Waals surface area contributed by atoms with Gasteiger partial charge in [0.1, 0.15) is 24.2 Å². The SMILES string of the molecule is CC(=O)O.CC(=O)O.CC(=O)O.CCC(C)OCSCCCCCN(C)CCCCCCN(CCCCCC(=O)N(C)CCCCCSCOC(C)CC)C(=O)CCCCCN(C)CCCCCC(=O)N(CCCCCCN(C)CCCCCSCOC(C)CC)CCCCCC(=O)N(C)CCCCCS[C@@H]1OC(COC(C)=O)[C@H](C)[C@@H](OC(C)=O)C1NC(C)=O. The van der Waals surface area contributed by atoms with E-state index in [1.54, 1.807) is 0 Å². The summed E-state index contributed by atoms with van der Waals surface area (Å²) in [5.41, 5.74) is -0.517. The second kappa shape index (κ2) is 87.5. The van der Waals surface area contributed by atoms with Crippen molar-refractivity contribution in [1.82, 2.24) is 39.6 Å². The number of amides is 5. The number of carbonyl (C=O) groups excluding carboxylic acids is 7. The average molecular weight is 1870 g/mol. The number of unbranched alkanes of at least 4 members (excludes halogenated alkanes) is 22. The zero-order valence-electron chi connectivity index (χ0n) is 82.5. The van der Waals surface area contributed by atoms with E-state index in [9.17, 15) is 33.6 Å². The third kappa shape index (κ3) is 82.9. The van der Waals surface area contributed by atoms with Crippen molar-refractivity contribution >= 4 is 106 Å². The van der Waals surface area contributed by atoms with Gasteiger partial charge in [0.2, 0.25) is 29.5 Å². The fourth-order valence-electron chi connectivity index (χ4n) is 13.7. The van der Waals surface area contributed by atoms with Gasteiger partial charge in [-0.3, -0.25) is 47.9 Å². The van der Waals surface area contributed by atoms with E-state index < -0.39 is 53.5 Å². The van der Waals surface area contributed by atoms with Gasteiger partial charge in [0.05, 0.1) is 42.2 Å². The predicted octanol–water partition coefficient (Wildman–Crippen LogP) is 18.3. The fraction of sp³-hybridized carbons (Fsp3) is 0.895. The summed E-state index contributed by atoms with van der Waals surface area (Å²) >= 11 is 7.21. The Morgan fingerprint density at radius 1 is 0.365 bits per heavy atom. The van der Waals surface area contributed by atoms with Crippen LogP contribution in [0, 0.1) is 5.92 Å². The van der Waals surface area contributed by atoms with Gasteiger partial charge in [-0.25, -0.2) is 0 Å². The zero-order chi connectivity index (χ0) is 94.9. The van der Waals surface area contributed by atoms with Crippen LogP contribution in [0.2, 0.25) is 0 Å². The molecular formula is C95H184N8O19S4. The molecule has 4 N–H and O–H groups in total. The number of rotatable bonds is 79. The highest BCUT2D eigenvalue weighted by atomic mass is 32.2. The molecule has 1 saturated heterocycles. The zero-order valence-corrected chi connectivity index (χ0v) is 85.7. The average Bonchev–Trinajstić information content (AvgIpc) is 0.794. The van der Waals surface area contributed by atoms with Gasteiger partial charge in [0.25, 0.3) is 17.9 Å². The Labute approximate surface area is 782 Å². The molecule has 27 nitrogen and oxygen atoms in total. The Bertz CT molecular complexity index is 2670. The second-order valence-electron chi connectivity index (χ2n) is 34.3. The highest BCUT2D eigenvalue weighted by Gasteiger charge is 2.47. The lowest BCUT2D eigenvalue weighted by Crippen LogP contribution is -2.61. The van der Waals surface area contributed by atoms with Crippen LogP contribution in [0.15, 0.2) is 0 Å². The van der Waals surface area contributed by atoms with Crippen molar-refractivity contribution < 1.29 is 91.7 Å². The summed E-state index contributed by atoms with van der Waals surface area (Å²) in [5, 5.41) is 25.2. The van der Waals surface area contributed by atoms with E-state index >= 15 is 0 Å². The molecule has 0 aromatic carbocycles. The third-order valence-corrected chi connectivity index (χ3v) is 26.0. The highest BCUT2D eigenvalue weighted by molar-refractivity contribution is 8.00. The largest absolute Gasteiger partial charge is 0.481 e. The van der Waals surface area contributed by atoms with Crippen LogP contribution in [0.4, 0.5) is 0 Å². The first-order valence-electron chi connectivity index (χ1n) is 48.2. The number of carboxylic acids is 3. The number of carboxylic acid groups (broad SMARTS) is 3. The molecule has 0 saturated carbocycles. The summed E-state index contributed by atoms with van der Waals surface area (Å²) in [4.78, 5) is 133. The van der Waals surface area contributed by atoms with Crippen molar-refractivity contribution in [1.29, 1.82) is 0 Å². The van der Waals surface area contributed by atoms with E-state index in [1.165, 1.54) is 96.1 Å². The van der Waals surface area contributed by atoms with E-state index in [1.807, 2.05) is 66.1 Å². The smallest absolute Gasteiger partial charge is 0.302 e. The van der Waals surface area contributed by atoms with Crippen LogP contribution in [0.5, 0.6) is 0 Å². The van der Waals surface area contributed by atoms with Gasteiger partial charge in [-0.1, -0.05) is 105 Å². The molecule has 0 radical (unpaired) electrons. The molecule has 1 heterocycles. The summed E-state index contributed by atoms with van der Waals surface area (Å²) < 4.78 is 34.8. The maximum absolute atomic E-state index is 14.0. The van der Waals surface area contributed by atoms with Crippen LogP contribution in [-0.4, -0.2) is 312 Å². The van der Waals surface area contributed by atoms with Gasteiger partial charge in [-0.15, -0.1) is 47.0 Å². The number of nitrogens with zero attached hydrogens (tertiary/aromatic N) is 7. The molecule has 31 heteroatoms. The van der Waals surface area contributed by atoms with Gasteiger partial charge in [0.15, 0.2) is 0 Å². The predicted molar refractivity (Wildman–Crippen MR) is 522 cm³/mol. The molecular weight excluding hydrogens is 1690 g/mol. The van der Waals surface area contributed by atoms with Crippen LogP contribution in [0.3, 0.4) is 0 Å². The summed E-state index contributed by atoms with van der Waals surface area (Å²) in [5.74, 6) is 3.42. The molecule has 742 valence electrons. The van der Waals surface area contributed by atoms with Gasteiger partial charge in [-0.05, 0) is 252 Å². The Hall–Kier alpha value is -4.18. The molecule has 0 aromatic heterocycles. The first-order valence-corrected chi connectivity index (χ1v) is 52.7. The molecule has 1 aliphatic heterocycles. The summed E-state index contributed by atoms with van der Waals surface area (Å²) in [6.07, 6.45) is 38.7. The fourth-order valence-corrected chi connectivity index (χ4v) is 17.6. The number of thioether (sulfide) groups is 4. The molecule has 0 spiro atoms. The summed E-state index contributed by atoms with van der Waals surface area (Å²) in [6.45, 7) is 33.2. The van der Waals surface area contributed by atoms with Crippen molar-refractivity contribution in [2.45, 2.75) is 382 Å². The quantitative estimate of drug-likeness (QED) is 0.0250. The maximum atomic E-state index is 14.0. The molecule has 5 amide bonds. The highest BCUT2D eigenvalue weighted by Crippen LogP contribution is 2.35. The molecule has 126 heavy (non-hydrogen) atoms. The number of hydrogen-bond acceptors (Lipinski definition) is 23. The summed E-state index contributed by atoms with van der Waals surface area (Å²) in [6, 6.07) is -0.573. The van der Waals surface area contributed by atoms with Crippen LogP contribution < -0.4 is 5.32 Å². The molecule has 5 unspecified atom stereocenters. The van der Waals surface area contributed by atoms with Crippen molar-refractivity contribution in [3.05, 3.63) is 0 Å². The van der Waals surface area contributed by atoms with E-state index in [0.717, 1.165) is 295 Å². The number of carbonyl (C=O) groups is 10. The standard InChI is InChI=1S/C89H172N8O13S4.3C2H4O2/c1-16-75(4)106-72-111-67-47-27-39-59-91(11)55-35-19-21-43-63-96(65-45-25-31-51-83(101)94(14)61-41-29-49-69-113-74-108-77(6)18-3)85(103)53-33-23-37-57-93(13)58-38-24-34-54-86(104)97(64-44-22-20-36-56-92(12)60-40-28-48-68-112-73-107-76(5)17-2)66-46-26-32-52-84(102)95(15)62-42-30-50-70-114-89-87(90-79(8)98)88(109-81(10)100)78(7)82(110-89)71-105-80(9)99;3*1-2(3)4/h75-78,82,87-89H,16-74H2,1-15H3,(H,90,98);3*1H3,(H,3,4)/t75?,76?,77?,78-,82?,87?,88+,89-;;;/m0.../s1. The molecule has 0 aliphatic carbocycles. The third-order valence-electron chi connectivity index (χ3n) is 22.1. The maximum Gasteiger partial charge on any atom is 0.302 e. The Balaban J connectivity index is -0.0000118. The van der Waals surface area contributed by atoms with E-state index in [0.29, 0.717) is 50.5 Å². The van der Waals surface area contributed by atoms with Crippen molar-refractivity contribution in [2.75, 3.05) is 161 Å². The van der Waals surface area contributed by atoms with E-state index in [2.05, 4.69) is 92.5 Å². The van der Waals surface area contributed by atoms with Gasteiger partial charge in [0, 0.05) is 127 Å². The first kappa shape index (κ1) is 126. The molecule has 8 atom stereocenters. The topological polar surface area (TPSA) is 321 Å².